The van der Waals surface area contributed by atoms with Gasteiger partial charge in [-0.1, -0.05) is 12.1 Å². The number of nitrogens with zero attached hydrogens (tertiary/aromatic N) is 1. The van der Waals surface area contributed by atoms with Crippen molar-refractivity contribution in [3.8, 4) is 0 Å². The lowest BCUT2D eigenvalue weighted by Gasteiger charge is -2.21. The van der Waals surface area contributed by atoms with E-state index in [9.17, 15) is 4.79 Å². The maximum absolute atomic E-state index is 10.6. The summed E-state index contributed by atoms with van der Waals surface area (Å²) < 4.78 is 0. The highest BCUT2D eigenvalue weighted by Gasteiger charge is 2.12. The summed E-state index contributed by atoms with van der Waals surface area (Å²) in [6.45, 7) is 6.14. The summed E-state index contributed by atoms with van der Waals surface area (Å²) in [4.78, 5) is 12.9. The summed E-state index contributed by atoms with van der Waals surface area (Å²) in [6.07, 6.45) is 0.369. The molecule has 0 bridgehead atoms. The maximum Gasteiger partial charge on any atom is 0.320 e. The molecule has 0 aliphatic rings. The SMILES string of the molecule is CCN(CC)c1ccc(C[C@@H](N)C(=O)O)cc1. The van der Waals surface area contributed by atoms with Gasteiger partial charge >= 0.3 is 5.97 Å². The van der Waals surface area contributed by atoms with Crippen molar-refractivity contribution in [3.05, 3.63) is 29.8 Å². The van der Waals surface area contributed by atoms with E-state index in [-0.39, 0.29) is 0 Å². The third-order valence-electron chi connectivity index (χ3n) is 2.84. The summed E-state index contributed by atoms with van der Waals surface area (Å²) in [5, 5.41) is 8.73. The third-order valence-corrected chi connectivity index (χ3v) is 2.84. The van der Waals surface area contributed by atoms with Crippen LogP contribution in [0.25, 0.3) is 0 Å². The van der Waals surface area contributed by atoms with Gasteiger partial charge < -0.3 is 15.7 Å². The van der Waals surface area contributed by atoms with Crippen LogP contribution in [-0.2, 0) is 11.2 Å². The fraction of sp³-hybridized carbons (Fsp3) is 0.462. The number of hydrogen-bond donors (Lipinski definition) is 2. The molecule has 0 saturated carbocycles. The van der Waals surface area contributed by atoms with Crippen LogP contribution in [0.2, 0.25) is 0 Å². The Bertz CT molecular complexity index is 358. The minimum Gasteiger partial charge on any atom is -0.480 e. The Labute approximate surface area is 102 Å². The van der Waals surface area contributed by atoms with E-state index < -0.39 is 12.0 Å². The summed E-state index contributed by atoms with van der Waals surface area (Å²) in [5.74, 6) is -0.960. The fourth-order valence-corrected chi connectivity index (χ4v) is 1.77. The molecule has 0 spiro atoms. The lowest BCUT2D eigenvalue weighted by atomic mass is 10.1. The van der Waals surface area contributed by atoms with Crippen molar-refractivity contribution in [2.24, 2.45) is 5.73 Å². The van der Waals surface area contributed by atoms with E-state index in [1.165, 1.54) is 0 Å². The average molecular weight is 236 g/mol. The van der Waals surface area contributed by atoms with Gasteiger partial charge in [0.15, 0.2) is 0 Å². The molecule has 3 N–H and O–H groups in total. The predicted molar refractivity (Wildman–Crippen MR) is 69.3 cm³/mol. The number of carbonyl (C=O) groups is 1. The van der Waals surface area contributed by atoms with Gasteiger partial charge in [-0.2, -0.15) is 0 Å². The topological polar surface area (TPSA) is 66.6 Å². The highest BCUT2D eigenvalue weighted by Crippen LogP contribution is 2.15. The van der Waals surface area contributed by atoms with E-state index in [0.29, 0.717) is 6.42 Å². The Morgan fingerprint density at radius 3 is 2.24 bits per heavy atom. The van der Waals surface area contributed by atoms with Crippen LogP contribution >= 0.6 is 0 Å². The first-order valence-corrected chi connectivity index (χ1v) is 5.90. The quantitative estimate of drug-likeness (QED) is 0.785. The molecule has 0 amide bonds. The third kappa shape index (κ3) is 3.75. The molecule has 0 saturated heterocycles. The van der Waals surface area contributed by atoms with E-state index >= 15 is 0 Å². The van der Waals surface area contributed by atoms with Crippen LogP contribution in [0.5, 0.6) is 0 Å². The van der Waals surface area contributed by atoms with Crippen molar-refractivity contribution in [2.45, 2.75) is 26.3 Å². The molecule has 17 heavy (non-hydrogen) atoms. The highest BCUT2D eigenvalue weighted by molar-refractivity contribution is 5.73. The van der Waals surface area contributed by atoms with Gasteiger partial charge in [0.1, 0.15) is 6.04 Å². The maximum atomic E-state index is 10.6. The number of nitrogens with two attached hydrogens (primary N) is 1. The van der Waals surface area contributed by atoms with E-state index in [1.807, 2.05) is 24.3 Å². The number of carboxylic acids is 1. The van der Waals surface area contributed by atoms with E-state index in [2.05, 4.69) is 18.7 Å². The number of benzene rings is 1. The smallest absolute Gasteiger partial charge is 0.320 e. The standard InChI is InChI=1S/C13H20N2O2/c1-3-15(4-2)11-7-5-10(6-8-11)9-12(14)13(16)17/h5-8,12H,3-4,9,14H2,1-2H3,(H,16,17)/t12-/m1/s1. The molecule has 0 unspecified atom stereocenters. The monoisotopic (exact) mass is 236 g/mol. The molecular weight excluding hydrogens is 216 g/mol. The highest BCUT2D eigenvalue weighted by atomic mass is 16.4. The molecular formula is C13H20N2O2. The molecule has 0 aromatic heterocycles. The number of rotatable bonds is 6. The predicted octanol–water partition coefficient (Wildman–Crippen LogP) is 1.49. The molecule has 0 radical (unpaired) electrons. The van der Waals surface area contributed by atoms with Crippen molar-refractivity contribution in [2.75, 3.05) is 18.0 Å². The Hall–Kier alpha value is -1.55. The Morgan fingerprint density at radius 2 is 1.82 bits per heavy atom. The van der Waals surface area contributed by atoms with E-state index in [1.54, 1.807) is 0 Å². The number of carboxylic acid groups (broad SMARTS) is 1. The average Bonchev–Trinajstić information content (AvgIpc) is 2.32. The molecule has 1 aromatic rings. The first-order chi connectivity index (χ1) is 8.08. The Kier molecular flexibility index (Phi) is 4.97. The second kappa shape index (κ2) is 6.25. The van der Waals surface area contributed by atoms with Crippen molar-refractivity contribution >= 4 is 11.7 Å². The van der Waals surface area contributed by atoms with Gasteiger partial charge in [-0.05, 0) is 38.0 Å². The summed E-state index contributed by atoms with van der Waals surface area (Å²) in [5.41, 5.74) is 7.60. The van der Waals surface area contributed by atoms with E-state index in [0.717, 1.165) is 24.3 Å². The van der Waals surface area contributed by atoms with Crippen LogP contribution in [0.3, 0.4) is 0 Å². The molecule has 1 rings (SSSR count). The molecule has 0 aliphatic carbocycles. The number of hydrogen-bond acceptors (Lipinski definition) is 3. The Balaban J connectivity index is 2.71. The lowest BCUT2D eigenvalue weighted by Crippen LogP contribution is -2.32. The van der Waals surface area contributed by atoms with Gasteiger partial charge in [0.05, 0.1) is 0 Å². The van der Waals surface area contributed by atoms with E-state index in [4.69, 9.17) is 10.8 Å². The van der Waals surface area contributed by atoms with Crippen LogP contribution < -0.4 is 10.6 Å². The largest absolute Gasteiger partial charge is 0.480 e. The van der Waals surface area contributed by atoms with Crippen LogP contribution in [0.4, 0.5) is 5.69 Å². The lowest BCUT2D eigenvalue weighted by molar-refractivity contribution is -0.138. The molecule has 94 valence electrons. The first-order valence-electron chi connectivity index (χ1n) is 5.90. The van der Waals surface area contributed by atoms with Crippen LogP contribution in [0.1, 0.15) is 19.4 Å². The first kappa shape index (κ1) is 13.5. The summed E-state index contributed by atoms with van der Waals surface area (Å²) in [6, 6.07) is 7.08. The molecule has 4 heteroatoms. The second-order valence-electron chi connectivity index (χ2n) is 3.99. The minimum absolute atomic E-state index is 0.369. The number of aliphatic carboxylic acids is 1. The Morgan fingerprint density at radius 1 is 1.29 bits per heavy atom. The molecule has 0 heterocycles. The summed E-state index contributed by atoms with van der Waals surface area (Å²) >= 11 is 0. The zero-order valence-corrected chi connectivity index (χ0v) is 10.4. The molecule has 1 aromatic carbocycles. The fourth-order valence-electron chi connectivity index (χ4n) is 1.77. The van der Waals surface area contributed by atoms with Crippen molar-refractivity contribution < 1.29 is 9.90 Å². The van der Waals surface area contributed by atoms with Crippen molar-refractivity contribution in [3.63, 3.8) is 0 Å². The minimum atomic E-state index is -0.960. The van der Waals surface area contributed by atoms with Crippen LogP contribution in [-0.4, -0.2) is 30.2 Å². The number of anilines is 1. The van der Waals surface area contributed by atoms with Gasteiger partial charge in [0, 0.05) is 18.8 Å². The zero-order chi connectivity index (χ0) is 12.8. The van der Waals surface area contributed by atoms with Gasteiger partial charge in [-0.25, -0.2) is 0 Å². The van der Waals surface area contributed by atoms with Crippen molar-refractivity contribution in [1.29, 1.82) is 0 Å². The molecule has 0 fully saturated rings. The van der Waals surface area contributed by atoms with Crippen molar-refractivity contribution in [1.82, 2.24) is 0 Å². The van der Waals surface area contributed by atoms with Gasteiger partial charge in [-0.15, -0.1) is 0 Å². The molecule has 4 nitrogen and oxygen atoms in total. The normalized spacial score (nSPS) is 12.2. The van der Waals surface area contributed by atoms with Gasteiger partial charge in [0.2, 0.25) is 0 Å². The molecule has 1 atom stereocenters. The van der Waals surface area contributed by atoms with Gasteiger partial charge in [0.25, 0.3) is 0 Å². The zero-order valence-electron chi connectivity index (χ0n) is 10.4. The van der Waals surface area contributed by atoms with Crippen LogP contribution in [0, 0.1) is 0 Å². The van der Waals surface area contributed by atoms with Crippen LogP contribution in [0.15, 0.2) is 24.3 Å². The van der Waals surface area contributed by atoms with Gasteiger partial charge in [-0.3, -0.25) is 4.79 Å². The summed E-state index contributed by atoms with van der Waals surface area (Å²) in [7, 11) is 0. The second-order valence-corrected chi connectivity index (χ2v) is 3.99. The molecule has 0 aliphatic heterocycles.